The highest BCUT2D eigenvalue weighted by atomic mass is 19.1. The second-order valence-electron chi connectivity index (χ2n) is 7.61. The van der Waals surface area contributed by atoms with Gasteiger partial charge in [0.2, 0.25) is 5.66 Å². The van der Waals surface area contributed by atoms with Crippen molar-refractivity contribution in [3.63, 3.8) is 0 Å². The van der Waals surface area contributed by atoms with Gasteiger partial charge in [-0.25, -0.2) is 18.8 Å². The van der Waals surface area contributed by atoms with E-state index in [2.05, 4.69) is 4.99 Å². The average molecular weight is 420 g/mol. The average Bonchev–Trinajstić information content (AvgIpc) is 3.05. The molecule has 2 aromatic carbocycles. The summed E-state index contributed by atoms with van der Waals surface area (Å²) in [7, 11) is 0. The summed E-state index contributed by atoms with van der Waals surface area (Å²) in [6.45, 7) is 5.90. The smallest absolute Gasteiger partial charge is 0.253 e. The first-order valence-corrected chi connectivity index (χ1v) is 9.94. The van der Waals surface area contributed by atoms with Crippen molar-refractivity contribution in [3.8, 4) is 11.1 Å². The molecule has 4 rings (SSSR count). The van der Waals surface area contributed by atoms with Crippen molar-refractivity contribution in [3.05, 3.63) is 93.4 Å². The Morgan fingerprint density at radius 2 is 1.68 bits per heavy atom. The molecule has 0 saturated carbocycles. The summed E-state index contributed by atoms with van der Waals surface area (Å²) in [5.74, 6) is -1.01. The van der Waals surface area contributed by atoms with E-state index in [1.54, 1.807) is 48.9 Å². The molecule has 7 heteroatoms. The number of benzene rings is 2. The van der Waals surface area contributed by atoms with Crippen molar-refractivity contribution < 1.29 is 8.78 Å². The number of aryl methyl sites for hydroxylation is 2. The van der Waals surface area contributed by atoms with Gasteiger partial charge in [0.15, 0.2) is 0 Å². The minimum atomic E-state index is -1.19. The fourth-order valence-electron chi connectivity index (χ4n) is 3.85. The van der Waals surface area contributed by atoms with E-state index < -0.39 is 17.3 Å². The summed E-state index contributed by atoms with van der Waals surface area (Å²) >= 11 is 0. The van der Waals surface area contributed by atoms with E-state index in [4.69, 9.17) is 10.7 Å². The van der Waals surface area contributed by atoms with Gasteiger partial charge in [-0.2, -0.15) is 0 Å². The molecule has 31 heavy (non-hydrogen) atoms. The molecule has 0 bridgehead atoms. The van der Waals surface area contributed by atoms with Crippen LogP contribution in [0, 0.1) is 18.6 Å². The van der Waals surface area contributed by atoms with Crippen LogP contribution in [0.15, 0.2) is 69.5 Å². The second kappa shape index (κ2) is 7.58. The van der Waals surface area contributed by atoms with Crippen LogP contribution in [0.4, 0.5) is 8.78 Å². The molecule has 158 valence electrons. The van der Waals surface area contributed by atoms with Gasteiger partial charge in [-0.3, -0.25) is 4.79 Å². The number of halogens is 2. The van der Waals surface area contributed by atoms with Crippen molar-refractivity contribution >= 4 is 11.5 Å². The van der Waals surface area contributed by atoms with Crippen LogP contribution in [0.25, 0.3) is 11.1 Å². The summed E-state index contributed by atoms with van der Waals surface area (Å²) in [5.41, 5.74) is 8.36. The number of nitrogens with zero attached hydrogens (tertiary/aromatic N) is 3. The van der Waals surface area contributed by atoms with E-state index in [-0.39, 0.29) is 5.56 Å². The second-order valence-corrected chi connectivity index (χ2v) is 7.61. The van der Waals surface area contributed by atoms with Gasteiger partial charge in [-0.15, -0.1) is 0 Å². The van der Waals surface area contributed by atoms with Crippen molar-refractivity contribution in [2.24, 2.45) is 15.7 Å². The van der Waals surface area contributed by atoms with Gasteiger partial charge in [0.25, 0.3) is 5.56 Å². The topological polar surface area (TPSA) is 72.7 Å². The van der Waals surface area contributed by atoms with Crippen LogP contribution in [0.2, 0.25) is 0 Å². The maximum Gasteiger partial charge on any atom is 0.253 e. The van der Waals surface area contributed by atoms with Crippen molar-refractivity contribution in [2.75, 3.05) is 0 Å². The maximum absolute atomic E-state index is 13.8. The largest absolute Gasteiger partial charge is 0.382 e. The first-order valence-electron chi connectivity index (χ1n) is 9.94. The van der Waals surface area contributed by atoms with Crippen molar-refractivity contribution in [1.82, 2.24) is 4.57 Å². The van der Waals surface area contributed by atoms with Crippen LogP contribution in [0.1, 0.15) is 30.5 Å². The van der Waals surface area contributed by atoms with E-state index in [9.17, 15) is 13.6 Å². The molecular formula is C24H22F2N4O. The fraction of sp³-hybridized carbons (Fsp3) is 0.208. The minimum Gasteiger partial charge on any atom is -0.382 e. The number of hydrogen-bond donors (Lipinski definition) is 1. The molecule has 3 aromatic rings. The van der Waals surface area contributed by atoms with Gasteiger partial charge in [0.1, 0.15) is 17.5 Å². The van der Waals surface area contributed by atoms with Crippen LogP contribution >= 0.6 is 0 Å². The number of amidine groups is 1. The highest BCUT2D eigenvalue weighted by Gasteiger charge is 2.39. The van der Waals surface area contributed by atoms with Gasteiger partial charge in [0, 0.05) is 35.5 Å². The standard InChI is InChI=1S/C24H22F2N4O/c1-4-30-13-19(8-14(2)23(30)31)24(28-15(3)22(27)29-24)18-7-5-6-16(9-18)17-10-20(25)12-21(26)11-17/h5-13H,4H2,1-3H3,(H2,27,29). The van der Waals surface area contributed by atoms with Gasteiger partial charge >= 0.3 is 0 Å². The van der Waals surface area contributed by atoms with E-state index in [0.29, 0.717) is 45.9 Å². The summed E-state index contributed by atoms with van der Waals surface area (Å²) in [4.78, 5) is 21.9. The van der Waals surface area contributed by atoms with Gasteiger partial charge in [-0.05, 0) is 56.2 Å². The number of aromatic nitrogens is 1. The third-order valence-corrected chi connectivity index (χ3v) is 5.45. The molecule has 0 fully saturated rings. The van der Waals surface area contributed by atoms with Gasteiger partial charge in [0.05, 0.1) is 5.71 Å². The zero-order valence-electron chi connectivity index (χ0n) is 17.5. The Morgan fingerprint density at radius 3 is 2.29 bits per heavy atom. The molecule has 1 aliphatic rings. The quantitative estimate of drug-likeness (QED) is 0.689. The highest BCUT2D eigenvalue weighted by Crippen LogP contribution is 2.40. The molecule has 0 aliphatic carbocycles. The summed E-state index contributed by atoms with van der Waals surface area (Å²) in [6, 6.07) is 12.3. The number of nitrogens with two attached hydrogens (primary N) is 1. The molecule has 0 spiro atoms. The first-order chi connectivity index (χ1) is 14.7. The molecule has 1 aliphatic heterocycles. The number of rotatable bonds is 4. The molecular weight excluding hydrogens is 398 g/mol. The lowest BCUT2D eigenvalue weighted by atomic mass is 9.90. The molecule has 1 unspecified atom stereocenters. The van der Waals surface area contributed by atoms with E-state index in [0.717, 1.165) is 6.07 Å². The summed E-state index contributed by atoms with van der Waals surface area (Å²) < 4.78 is 29.2. The van der Waals surface area contributed by atoms with Crippen LogP contribution < -0.4 is 11.3 Å². The zero-order valence-corrected chi connectivity index (χ0v) is 17.5. The Bertz CT molecular complexity index is 1270. The van der Waals surface area contributed by atoms with Crippen LogP contribution in [0.3, 0.4) is 0 Å². The highest BCUT2D eigenvalue weighted by molar-refractivity contribution is 6.41. The van der Waals surface area contributed by atoms with E-state index in [1.165, 1.54) is 12.1 Å². The Morgan fingerprint density at radius 1 is 0.968 bits per heavy atom. The van der Waals surface area contributed by atoms with E-state index >= 15 is 0 Å². The third kappa shape index (κ3) is 3.56. The fourth-order valence-corrected chi connectivity index (χ4v) is 3.85. The predicted molar refractivity (Wildman–Crippen MR) is 118 cm³/mol. The molecule has 0 saturated heterocycles. The van der Waals surface area contributed by atoms with Crippen LogP contribution in [-0.2, 0) is 12.2 Å². The SMILES string of the molecule is CCn1cc(C2(c3cccc(-c4cc(F)cc(F)c4)c3)N=C(C)C(N)=N2)cc(C)c1=O. The predicted octanol–water partition coefficient (Wildman–Crippen LogP) is 4.15. The van der Waals surface area contributed by atoms with Crippen molar-refractivity contribution in [2.45, 2.75) is 33.0 Å². The van der Waals surface area contributed by atoms with Gasteiger partial charge in [-0.1, -0.05) is 18.2 Å². The van der Waals surface area contributed by atoms with Crippen LogP contribution in [-0.4, -0.2) is 16.1 Å². The Balaban J connectivity index is 1.96. The lowest BCUT2D eigenvalue weighted by Gasteiger charge is -2.26. The monoisotopic (exact) mass is 420 g/mol. The molecule has 0 amide bonds. The number of aliphatic imine (C=N–C) groups is 2. The van der Waals surface area contributed by atoms with Crippen molar-refractivity contribution in [1.29, 1.82) is 0 Å². The van der Waals surface area contributed by atoms with Crippen LogP contribution in [0.5, 0.6) is 0 Å². The number of pyridine rings is 1. The first kappa shape index (κ1) is 20.7. The molecule has 2 N–H and O–H groups in total. The number of hydrogen-bond acceptors (Lipinski definition) is 4. The summed E-state index contributed by atoms with van der Waals surface area (Å²) in [6.07, 6.45) is 1.74. The van der Waals surface area contributed by atoms with E-state index in [1.807, 2.05) is 13.0 Å². The molecule has 0 radical (unpaired) electrons. The maximum atomic E-state index is 13.8. The Labute approximate surface area is 178 Å². The normalized spacial score (nSPS) is 18.1. The summed E-state index contributed by atoms with van der Waals surface area (Å²) in [5, 5.41) is 0. The molecule has 5 nitrogen and oxygen atoms in total. The minimum absolute atomic E-state index is 0.0824. The molecule has 2 heterocycles. The Kier molecular flexibility index (Phi) is 5.05. The lowest BCUT2D eigenvalue weighted by Crippen LogP contribution is -2.28. The van der Waals surface area contributed by atoms with Gasteiger partial charge < -0.3 is 10.3 Å². The third-order valence-electron chi connectivity index (χ3n) is 5.45. The molecule has 1 atom stereocenters. The zero-order chi connectivity index (χ0) is 22.3. The lowest BCUT2D eigenvalue weighted by molar-refractivity contribution is 0.571. The Hall–Kier alpha value is -3.61. The molecule has 1 aromatic heterocycles.